The molecule has 0 bridgehead atoms. The van der Waals surface area contributed by atoms with Gasteiger partial charge >= 0.3 is 0 Å². The van der Waals surface area contributed by atoms with Crippen molar-refractivity contribution in [2.45, 2.75) is 19.4 Å². The van der Waals surface area contributed by atoms with Crippen molar-refractivity contribution in [3.63, 3.8) is 0 Å². The third kappa shape index (κ3) is 3.14. The molecule has 0 aromatic heterocycles. The predicted octanol–water partition coefficient (Wildman–Crippen LogP) is 3.52. The van der Waals surface area contributed by atoms with E-state index in [0.29, 0.717) is 0 Å². The molecular weight excluding hydrogens is 260 g/mol. The number of methoxy groups -OCH3 is 1. The third-order valence-corrected chi connectivity index (χ3v) is 3.29. The van der Waals surface area contributed by atoms with Gasteiger partial charge in [0.2, 0.25) is 0 Å². The molecule has 0 aliphatic carbocycles. The monoisotopic (exact) mass is 277 g/mol. The Hall–Kier alpha value is -1.94. The van der Waals surface area contributed by atoms with Gasteiger partial charge in [0, 0.05) is 6.04 Å². The number of hydrogen-bond donors (Lipinski definition) is 1. The number of hydrogen-bond acceptors (Lipinski definition) is 2. The number of aryl methyl sites for hydroxylation is 1. The standard InChI is InChI=1S/C16H17F2NO/c1-10-7-11(3-6-16(10)20-2)15(19)9-12-8-13(17)4-5-14(12)18/h3-8,15H,9,19H2,1-2H3. The maximum absolute atomic E-state index is 13.6. The maximum Gasteiger partial charge on any atom is 0.126 e. The summed E-state index contributed by atoms with van der Waals surface area (Å²) in [7, 11) is 1.60. The molecule has 2 aromatic rings. The minimum Gasteiger partial charge on any atom is -0.496 e. The first-order valence-corrected chi connectivity index (χ1v) is 6.35. The molecule has 0 saturated heterocycles. The molecule has 2 N–H and O–H groups in total. The van der Waals surface area contributed by atoms with Crippen LogP contribution in [-0.2, 0) is 6.42 Å². The second kappa shape index (κ2) is 6.01. The van der Waals surface area contributed by atoms with E-state index in [1.54, 1.807) is 7.11 Å². The minimum absolute atomic E-state index is 0.245. The van der Waals surface area contributed by atoms with E-state index < -0.39 is 17.7 Å². The lowest BCUT2D eigenvalue weighted by atomic mass is 9.97. The quantitative estimate of drug-likeness (QED) is 0.928. The minimum atomic E-state index is -0.459. The average Bonchev–Trinajstić information content (AvgIpc) is 2.42. The molecule has 0 radical (unpaired) electrons. The van der Waals surface area contributed by atoms with Gasteiger partial charge in [-0.1, -0.05) is 12.1 Å². The summed E-state index contributed by atoms with van der Waals surface area (Å²) in [6.45, 7) is 1.91. The normalized spacial score (nSPS) is 12.2. The summed E-state index contributed by atoms with van der Waals surface area (Å²) in [6, 6.07) is 8.58. The van der Waals surface area contributed by atoms with E-state index in [9.17, 15) is 8.78 Å². The lowest BCUT2D eigenvalue weighted by Crippen LogP contribution is -2.14. The van der Waals surface area contributed by atoms with Crippen LogP contribution in [0.2, 0.25) is 0 Å². The molecule has 0 spiro atoms. The summed E-state index contributed by atoms with van der Waals surface area (Å²) < 4.78 is 31.9. The lowest BCUT2D eigenvalue weighted by Gasteiger charge is -2.15. The van der Waals surface area contributed by atoms with E-state index in [1.165, 1.54) is 6.07 Å². The second-order valence-electron chi connectivity index (χ2n) is 4.78. The SMILES string of the molecule is COc1ccc(C(N)Cc2cc(F)ccc2F)cc1C. The van der Waals surface area contributed by atoms with Gasteiger partial charge in [0.05, 0.1) is 7.11 Å². The van der Waals surface area contributed by atoms with Gasteiger partial charge in [0.1, 0.15) is 17.4 Å². The van der Waals surface area contributed by atoms with E-state index in [1.807, 2.05) is 25.1 Å². The number of halogens is 2. The van der Waals surface area contributed by atoms with Crippen molar-refractivity contribution >= 4 is 0 Å². The topological polar surface area (TPSA) is 35.2 Å². The van der Waals surface area contributed by atoms with Gasteiger partial charge in [-0.3, -0.25) is 0 Å². The molecule has 20 heavy (non-hydrogen) atoms. The van der Waals surface area contributed by atoms with Crippen LogP contribution in [0.4, 0.5) is 8.78 Å². The van der Waals surface area contributed by atoms with Crippen LogP contribution in [0.5, 0.6) is 5.75 Å². The van der Waals surface area contributed by atoms with Gasteiger partial charge in [-0.2, -0.15) is 0 Å². The van der Waals surface area contributed by atoms with Crippen LogP contribution in [0.25, 0.3) is 0 Å². The lowest BCUT2D eigenvalue weighted by molar-refractivity contribution is 0.411. The molecule has 0 aliphatic rings. The van der Waals surface area contributed by atoms with E-state index in [2.05, 4.69) is 0 Å². The first-order chi connectivity index (χ1) is 9.51. The third-order valence-electron chi connectivity index (χ3n) is 3.29. The van der Waals surface area contributed by atoms with Crippen LogP contribution in [0.1, 0.15) is 22.7 Å². The summed E-state index contributed by atoms with van der Waals surface area (Å²) in [5.41, 5.74) is 8.19. The van der Waals surface area contributed by atoms with Crippen molar-refractivity contribution in [2.24, 2.45) is 5.73 Å². The molecule has 106 valence electrons. The highest BCUT2D eigenvalue weighted by molar-refractivity contribution is 5.38. The fourth-order valence-corrected chi connectivity index (χ4v) is 2.19. The second-order valence-corrected chi connectivity index (χ2v) is 4.78. The first-order valence-electron chi connectivity index (χ1n) is 6.35. The highest BCUT2D eigenvalue weighted by atomic mass is 19.1. The summed E-state index contributed by atoms with van der Waals surface area (Å²) in [6.07, 6.45) is 0.245. The zero-order valence-corrected chi connectivity index (χ0v) is 11.5. The molecule has 0 fully saturated rings. The highest BCUT2D eigenvalue weighted by Gasteiger charge is 2.12. The number of rotatable bonds is 4. The summed E-state index contributed by atoms with van der Waals surface area (Å²) >= 11 is 0. The van der Waals surface area contributed by atoms with Gasteiger partial charge < -0.3 is 10.5 Å². The molecule has 4 heteroatoms. The van der Waals surface area contributed by atoms with Gasteiger partial charge in [-0.25, -0.2) is 8.78 Å². The van der Waals surface area contributed by atoms with Crippen LogP contribution >= 0.6 is 0 Å². The van der Waals surface area contributed by atoms with Crippen LogP contribution in [0.15, 0.2) is 36.4 Å². The maximum atomic E-state index is 13.6. The fraction of sp³-hybridized carbons (Fsp3) is 0.250. The predicted molar refractivity (Wildman–Crippen MR) is 74.7 cm³/mol. The van der Waals surface area contributed by atoms with Crippen LogP contribution in [-0.4, -0.2) is 7.11 Å². The van der Waals surface area contributed by atoms with Crippen molar-refractivity contribution in [1.82, 2.24) is 0 Å². The van der Waals surface area contributed by atoms with Gasteiger partial charge in [0.25, 0.3) is 0 Å². The molecule has 0 amide bonds. The number of nitrogens with two attached hydrogens (primary N) is 1. The Morgan fingerprint density at radius 2 is 1.90 bits per heavy atom. The molecule has 0 aliphatic heterocycles. The average molecular weight is 277 g/mol. The smallest absolute Gasteiger partial charge is 0.126 e. The Kier molecular flexibility index (Phi) is 4.35. The van der Waals surface area contributed by atoms with Crippen LogP contribution in [0, 0.1) is 18.6 Å². The Morgan fingerprint density at radius 1 is 1.15 bits per heavy atom. The molecule has 0 heterocycles. The number of ether oxygens (including phenoxy) is 1. The molecule has 1 unspecified atom stereocenters. The summed E-state index contributed by atoms with van der Waals surface area (Å²) in [5, 5.41) is 0. The Morgan fingerprint density at radius 3 is 2.55 bits per heavy atom. The molecular formula is C16H17F2NO. The Bertz CT molecular complexity index is 613. The highest BCUT2D eigenvalue weighted by Crippen LogP contribution is 2.24. The van der Waals surface area contributed by atoms with Crippen molar-refractivity contribution in [3.8, 4) is 5.75 Å². The summed E-state index contributed by atoms with van der Waals surface area (Å²) in [4.78, 5) is 0. The van der Waals surface area contributed by atoms with Gasteiger partial charge in [0.15, 0.2) is 0 Å². The van der Waals surface area contributed by atoms with Crippen LogP contribution < -0.4 is 10.5 Å². The Labute approximate surface area is 117 Å². The van der Waals surface area contributed by atoms with Gasteiger partial charge in [-0.05, 0) is 54.3 Å². The van der Waals surface area contributed by atoms with E-state index >= 15 is 0 Å². The van der Waals surface area contributed by atoms with E-state index in [4.69, 9.17) is 10.5 Å². The van der Waals surface area contributed by atoms with Crippen molar-refractivity contribution in [3.05, 3.63) is 64.7 Å². The van der Waals surface area contributed by atoms with Crippen molar-refractivity contribution in [2.75, 3.05) is 7.11 Å². The molecule has 2 nitrogen and oxygen atoms in total. The first kappa shape index (κ1) is 14.5. The van der Waals surface area contributed by atoms with Crippen molar-refractivity contribution < 1.29 is 13.5 Å². The van der Waals surface area contributed by atoms with Crippen LogP contribution in [0.3, 0.4) is 0 Å². The molecule has 2 aromatic carbocycles. The zero-order valence-electron chi connectivity index (χ0n) is 11.5. The van der Waals surface area contributed by atoms with E-state index in [-0.39, 0.29) is 12.0 Å². The molecule has 0 saturated carbocycles. The fourth-order valence-electron chi connectivity index (χ4n) is 2.19. The molecule has 1 atom stereocenters. The largest absolute Gasteiger partial charge is 0.496 e. The zero-order chi connectivity index (χ0) is 14.7. The molecule has 2 rings (SSSR count). The van der Waals surface area contributed by atoms with Crippen molar-refractivity contribution in [1.29, 1.82) is 0 Å². The Balaban J connectivity index is 2.21. The van der Waals surface area contributed by atoms with Gasteiger partial charge in [-0.15, -0.1) is 0 Å². The summed E-state index contributed by atoms with van der Waals surface area (Å²) in [5.74, 6) is -0.121. The van der Waals surface area contributed by atoms with E-state index in [0.717, 1.165) is 29.0 Å². The number of benzene rings is 2.